The van der Waals surface area contributed by atoms with E-state index in [1.165, 1.54) is 24.7 Å². The summed E-state index contributed by atoms with van der Waals surface area (Å²) in [7, 11) is 0. The summed E-state index contributed by atoms with van der Waals surface area (Å²) in [5.41, 5.74) is 3.41. The number of carbonyl (C=O) groups excluding carboxylic acids is 1. The minimum atomic E-state index is -0.465. The highest BCUT2D eigenvalue weighted by Gasteiger charge is 2.17. The smallest absolute Gasteiger partial charge is 0.251 e. The predicted molar refractivity (Wildman–Crippen MR) is 110 cm³/mol. The molecule has 0 unspecified atom stereocenters. The van der Waals surface area contributed by atoms with Gasteiger partial charge >= 0.3 is 0 Å². The Morgan fingerprint density at radius 3 is 2.63 bits per heavy atom. The van der Waals surface area contributed by atoms with Gasteiger partial charge in [0.2, 0.25) is 0 Å². The molecular formula is C22H19FN6O. The molecule has 0 aliphatic rings. The number of halogens is 1. The van der Waals surface area contributed by atoms with Crippen LogP contribution in [-0.4, -0.2) is 31.1 Å². The molecule has 0 aliphatic heterocycles. The number of H-pyrrole nitrogens is 1. The van der Waals surface area contributed by atoms with E-state index in [0.717, 1.165) is 5.56 Å². The van der Waals surface area contributed by atoms with Gasteiger partial charge in [-0.3, -0.25) is 19.9 Å². The van der Waals surface area contributed by atoms with E-state index in [4.69, 9.17) is 0 Å². The first-order valence-corrected chi connectivity index (χ1v) is 9.36. The second kappa shape index (κ2) is 8.20. The lowest BCUT2D eigenvalue weighted by Gasteiger charge is -2.13. The third-order valence-corrected chi connectivity index (χ3v) is 4.63. The largest absolute Gasteiger partial charge is 0.342 e. The first kappa shape index (κ1) is 19.4. The van der Waals surface area contributed by atoms with Gasteiger partial charge in [0.15, 0.2) is 0 Å². The van der Waals surface area contributed by atoms with Crippen molar-refractivity contribution in [3.63, 3.8) is 0 Å². The summed E-state index contributed by atoms with van der Waals surface area (Å²) in [5.74, 6) is -0.256. The van der Waals surface area contributed by atoms with Crippen LogP contribution < -0.4 is 5.32 Å². The number of hydrogen-bond donors (Lipinski definition) is 2. The summed E-state index contributed by atoms with van der Waals surface area (Å²) in [6.45, 7) is 3.74. The van der Waals surface area contributed by atoms with Gasteiger partial charge in [0.25, 0.3) is 5.91 Å². The fraction of sp³-hybridized carbons (Fsp3) is 0.136. The van der Waals surface area contributed by atoms with Crippen molar-refractivity contribution in [1.82, 2.24) is 30.5 Å². The Morgan fingerprint density at radius 1 is 1.10 bits per heavy atom. The fourth-order valence-corrected chi connectivity index (χ4v) is 3.05. The number of nitrogens with zero attached hydrogens (tertiary/aromatic N) is 4. The zero-order valence-electron chi connectivity index (χ0n) is 16.4. The average molecular weight is 402 g/mol. The van der Waals surface area contributed by atoms with Crippen LogP contribution >= 0.6 is 0 Å². The standard InChI is InChI=1S/C22H19FN6O/c1-13-5-6-19(25-11-13)15-8-16(20-18(23)4-3-7-24-20)10-17(9-15)22(30)28-14(2)21-26-12-27-29-21/h3-12,14H,1-2H3,(H,28,30)(H,26,27,29)/t14-/m0/s1. The van der Waals surface area contributed by atoms with Gasteiger partial charge in [-0.2, -0.15) is 5.10 Å². The number of nitrogens with one attached hydrogen (secondary N) is 2. The van der Waals surface area contributed by atoms with E-state index >= 15 is 0 Å². The monoisotopic (exact) mass is 402 g/mol. The van der Waals surface area contributed by atoms with Crippen molar-refractivity contribution >= 4 is 5.91 Å². The zero-order valence-corrected chi connectivity index (χ0v) is 16.4. The molecule has 0 fully saturated rings. The first-order valence-electron chi connectivity index (χ1n) is 9.36. The highest BCUT2D eigenvalue weighted by atomic mass is 19.1. The fourth-order valence-electron chi connectivity index (χ4n) is 3.05. The van der Waals surface area contributed by atoms with E-state index in [1.54, 1.807) is 31.3 Å². The molecular weight excluding hydrogens is 383 g/mol. The number of amides is 1. The van der Waals surface area contributed by atoms with E-state index < -0.39 is 5.82 Å². The third-order valence-electron chi connectivity index (χ3n) is 4.63. The van der Waals surface area contributed by atoms with Crippen LogP contribution in [0.15, 0.2) is 61.2 Å². The normalized spacial score (nSPS) is 11.8. The Kier molecular flexibility index (Phi) is 5.30. The van der Waals surface area contributed by atoms with Crippen molar-refractivity contribution in [1.29, 1.82) is 0 Å². The van der Waals surface area contributed by atoms with Crippen LogP contribution in [0.3, 0.4) is 0 Å². The summed E-state index contributed by atoms with van der Waals surface area (Å²) in [5, 5.41) is 9.41. The van der Waals surface area contributed by atoms with Gasteiger partial charge < -0.3 is 5.32 Å². The minimum absolute atomic E-state index is 0.170. The topological polar surface area (TPSA) is 96.5 Å². The minimum Gasteiger partial charge on any atom is -0.342 e. The molecule has 2 N–H and O–H groups in total. The number of aromatic nitrogens is 5. The predicted octanol–water partition coefficient (Wildman–Crippen LogP) is 3.87. The van der Waals surface area contributed by atoms with E-state index in [0.29, 0.717) is 28.2 Å². The Morgan fingerprint density at radius 2 is 1.93 bits per heavy atom. The first-order chi connectivity index (χ1) is 14.5. The number of benzene rings is 1. The van der Waals surface area contributed by atoms with Crippen LogP contribution in [0, 0.1) is 12.7 Å². The molecule has 3 aromatic heterocycles. The Hall–Kier alpha value is -3.94. The highest BCUT2D eigenvalue weighted by Crippen LogP contribution is 2.28. The van der Waals surface area contributed by atoms with Crippen molar-refractivity contribution in [2.45, 2.75) is 19.9 Å². The molecule has 0 radical (unpaired) electrons. The number of carbonyl (C=O) groups is 1. The van der Waals surface area contributed by atoms with Crippen molar-refractivity contribution in [2.75, 3.05) is 0 Å². The van der Waals surface area contributed by atoms with Gasteiger partial charge in [-0.15, -0.1) is 0 Å². The summed E-state index contributed by atoms with van der Waals surface area (Å²) >= 11 is 0. The molecule has 1 atom stereocenters. The van der Waals surface area contributed by atoms with Crippen molar-refractivity contribution in [3.8, 4) is 22.5 Å². The van der Waals surface area contributed by atoms with Gasteiger partial charge in [-0.25, -0.2) is 9.37 Å². The molecule has 0 bridgehead atoms. The number of aromatic amines is 1. The molecule has 150 valence electrons. The number of hydrogen-bond acceptors (Lipinski definition) is 5. The summed E-state index contributed by atoms with van der Waals surface area (Å²) in [6, 6.07) is 11.4. The molecule has 0 spiro atoms. The highest BCUT2D eigenvalue weighted by molar-refractivity contribution is 5.97. The maximum Gasteiger partial charge on any atom is 0.251 e. The van der Waals surface area contributed by atoms with Gasteiger partial charge in [-0.1, -0.05) is 6.07 Å². The van der Waals surface area contributed by atoms with Crippen LogP contribution in [0.1, 0.15) is 34.7 Å². The van der Waals surface area contributed by atoms with Crippen LogP contribution in [0.2, 0.25) is 0 Å². The van der Waals surface area contributed by atoms with Crippen LogP contribution in [-0.2, 0) is 0 Å². The Balaban J connectivity index is 1.76. The lowest BCUT2D eigenvalue weighted by Crippen LogP contribution is -2.27. The molecule has 4 rings (SSSR count). The number of aryl methyl sites for hydroxylation is 1. The Bertz CT molecular complexity index is 1170. The van der Waals surface area contributed by atoms with Gasteiger partial charge in [0.1, 0.15) is 23.7 Å². The second-order valence-corrected chi connectivity index (χ2v) is 6.92. The van der Waals surface area contributed by atoms with E-state index in [2.05, 4.69) is 30.5 Å². The summed E-state index contributed by atoms with van der Waals surface area (Å²) in [4.78, 5) is 25.6. The number of pyridine rings is 2. The molecule has 8 heteroatoms. The second-order valence-electron chi connectivity index (χ2n) is 6.92. The van der Waals surface area contributed by atoms with Crippen molar-refractivity contribution in [2.24, 2.45) is 0 Å². The molecule has 1 aromatic carbocycles. The SMILES string of the molecule is Cc1ccc(-c2cc(C(=O)N[C@@H](C)c3ncn[nH]3)cc(-c3ncccc3F)c2)nc1. The lowest BCUT2D eigenvalue weighted by atomic mass is 9.99. The maximum atomic E-state index is 14.4. The molecule has 0 aliphatic carbocycles. The number of rotatable bonds is 5. The maximum absolute atomic E-state index is 14.4. The van der Waals surface area contributed by atoms with E-state index in [-0.39, 0.29) is 17.6 Å². The molecule has 3 heterocycles. The van der Waals surface area contributed by atoms with Gasteiger partial charge in [0, 0.05) is 29.1 Å². The molecule has 0 saturated heterocycles. The average Bonchev–Trinajstić information content (AvgIpc) is 3.29. The summed E-state index contributed by atoms with van der Waals surface area (Å²) < 4.78 is 14.4. The molecule has 4 aromatic rings. The van der Waals surface area contributed by atoms with Crippen molar-refractivity contribution in [3.05, 3.63) is 84.0 Å². The van der Waals surface area contributed by atoms with Gasteiger partial charge in [0.05, 0.1) is 11.7 Å². The van der Waals surface area contributed by atoms with E-state index in [9.17, 15) is 9.18 Å². The summed E-state index contributed by atoms with van der Waals surface area (Å²) in [6.07, 6.45) is 4.64. The molecule has 0 saturated carbocycles. The lowest BCUT2D eigenvalue weighted by molar-refractivity contribution is 0.0938. The van der Waals surface area contributed by atoms with Crippen LogP contribution in [0.25, 0.3) is 22.5 Å². The molecule has 7 nitrogen and oxygen atoms in total. The Labute approximate surface area is 172 Å². The third kappa shape index (κ3) is 4.07. The van der Waals surface area contributed by atoms with E-state index in [1.807, 2.05) is 19.1 Å². The van der Waals surface area contributed by atoms with Gasteiger partial charge in [-0.05, 0) is 55.8 Å². The molecule has 1 amide bonds. The zero-order chi connectivity index (χ0) is 21.1. The quantitative estimate of drug-likeness (QED) is 0.528. The van der Waals surface area contributed by atoms with Crippen LogP contribution in [0.4, 0.5) is 4.39 Å². The van der Waals surface area contributed by atoms with Crippen molar-refractivity contribution < 1.29 is 9.18 Å². The molecule has 30 heavy (non-hydrogen) atoms. The van der Waals surface area contributed by atoms with Crippen LogP contribution in [0.5, 0.6) is 0 Å².